The normalized spacial score (nSPS) is 13.7. The summed E-state index contributed by atoms with van der Waals surface area (Å²) in [5.41, 5.74) is 0.678. The van der Waals surface area contributed by atoms with E-state index >= 15 is 0 Å². The molecular formula is C13H24N2O4S. The van der Waals surface area contributed by atoms with Gasteiger partial charge in [0.1, 0.15) is 16.4 Å². The number of nitrogens with one attached hydrogen (secondary N) is 2. The lowest BCUT2D eigenvalue weighted by molar-refractivity contribution is 0.161. The molecule has 0 aliphatic carbocycles. The Kier molecular flexibility index (Phi) is 6.19. The standard InChI is InChI=1S/C13H24N2O4S/c1-9(8-18-5)6-15-20(16,17)13-11(3)19-10(2)12(13)7-14-4/h9,14-15H,6-8H2,1-5H3. The molecule has 0 radical (unpaired) electrons. The molecule has 0 aliphatic rings. The molecule has 6 nitrogen and oxygen atoms in total. The Balaban J connectivity index is 2.97. The first-order valence-corrected chi connectivity index (χ1v) is 8.03. The molecule has 1 unspecified atom stereocenters. The van der Waals surface area contributed by atoms with Crippen LogP contribution in [0.1, 0.15) is 24.0 Å². The predicted octanol–water partition coefficient (Wildman–Crippen LogP) is 1.18. The highest BCUT2D eigenvalue weighted by molar-refractivity contribution is 7.89. The van der Waals surface area contributed by atoms with Crippen molar-refractivity contribution >= 4 is 10.0 Å². The van der Waals surface area contributed by atoms with Crippen LogP contribution in [-0.4, -0.2) is 35.7 Å². The van der Waals surface area contributed by atoms with Crippen molar-refractivity contribution in [2.75, 3.05) is 27.3 Å². The number of hydrogen-bond acceptors (Lipinski definition) is 5. The van der Waals surface area contributed by atoms with Gasteiger partial charge in [0.2, 0.25) is 10.0 Å². The Morgan fingerprint density at radius 3 is 2.50 bits per heavy atom. The maximum absolute atomic E-state index is 12.4. The van der Waals surface area contributed by atoms with Crippen molar-refractivity contribution in [2.45, 2.75) is 32.2 Å². The molecule has 1 heterocycles. The van der Waals surface area contributed by atoms with Crippen LogP contribution in [-0.2, 0) is 21.3 Å². The Morgan fingerprint density at radius 1 is 1.30 bits per heavy atom. The summed E-state index contributed by atoms with van der Waals surface area (Å²) >= 11 is 0. The molecule has 0 aromatic carbocycles. The second kappa shape index (κ2) is 7.21. The maximum Gasteiger partial charge on any atom is 0.244 e. The zero-order valence-electron chi connectivity index (χ0n) is 12.7. The van der Waals surface area contributed by atoms with E-state index in [9.17, 15) is 8.42 Å². The van der Waals surface area contributed by atoms with E-state index in [0.29, 0.717) is 36.8 Å². The Labute approximate surface area is 120 Å². The lowest BCUT2D eigenvalue weighted by Crippen LogP contribution is -2.31. The molecule has 0 saturated carbocycles. The first kappa shape index (κ1) is 17.2. The SMILES string of the molecule is CNCc1c(C)oc(C)c1S(=O)(=O)NCC(C)COC. The third-order valence-corrected chi connectivity index (χ3v) is 4.64. The molecular weight excluding hydrogens is 280 g/mol. The smallest absolute Gasteiger partial charge is 0.244 e. The molecule has 0 fully saturated rings. The first-order valence-electron chi connectivity index (χ1n) is 6.55. The van der Waals surface area contributed by atoms with Gasteiger partial charge in [-0.05, 0) is 26.8 Å². The number of aryl methyl sites for hydroxylation is 2. The number of ether oxygens (including phenoxy) is 1. The van der Waals surface area contributed by atoms with Crippen LogP contribution in [0.2, 0.25) is 0 Å². The molecule has 1 aromatic rings. The van der Waals surface area contributed by atoms with Gasteiger partial charge in [-0.3, -0.25) is 0 Å². The van der Waals surface area contributed by atoms with E-state index < -0.39 is 10.0 Å². The van der Waals surface area contributed by atoms with Crippen molar-refractivity contribution in [3.05, 3.63) is 17.1 Å². The molecule has 1 atom stereocenters. The molecule has 0 amide bonds. The molecule has 0 spiro atoms. The van der Waals surface area contributed by atoms with Crippen molar-refractivity contribution in [1.82, 2.24) is 10.0 Å². The van der Waals surface area contributed by atoms with Gasteiger partial charge in [-0.15, -0.1) is 0 Å². The molecule has 0 aliphatic heterocycles. The van der Waals surface area contributed by atoms with Crippen molar-refractivity contribution in [3.63, 3.8) is 0 Å². The number of methoxy groups -OCH3 is 1. The second-order valence-electron chi connectivity index (χ2n) is 4.96. The Bertz CT molecular complexity index is 537. The highest BCUT2D eigenvalue weighted by Gasteiger charge is 2.26. The van der Waals surface area contributed by atoms with Gasteiger partial charge in [0, 0.05) is 32.4 Å². The van der Waals surface area contributed by atoms with E-state index in [0.717, 1.165) is 0 Å². The fraction of sp³-hybridized carbons (Fsp3) is 0.692. The highest BCUT2D eigenvalue weighted by atomic mass is 32.2. The van der Waals surface area contributed by atoms with Gasteiger partial charge in [0.25, 0.3) is 0 Å². The molecule has 2 N–H and O–H groups in total. The molecule has 0 bridgehead atoms. The van der Waals surface area contributed by atoms with Crippen LogP contribution in [0.25, 0.3) is 0 Å². The van der Waals surface area contributed by atoms with Gasteiger partial charge in [0.05, 0.1) is 0 Å². The molecule has 20 heavy (non-hydrogen) atoms. The maximum atomic E-state index is 12.4. The number of sulfonamides is 1. The van der Waals surface area contributed by atoms with Crippen LogP contribution in [0.4, 0.5) is 0 Å². The summed E-state index contributed by atoms with van der Waals surface area (Å²) in [6.45, 7) is 6.65. The van der Waals surface area contributed by atoms with Crippen LogP contribution in [0.5, 0.6) is 0 Å². The number of hydrogen-bond donors (Lipinski definition) is 2. The zero-order valence-corrected chi connectivity index (χ0v) is 13.6. The van der Waals surface area contributed by atoms with Crippen LogP contribution in [0, 0.1) is 19.8 Å². The second-order valence-corrected chi connectivity index (χ2v) is 6.67. The van der Waals surface area contributed by atoms with Gasteiger partial charge < -0.3 is 14.5 Å². The topological polar surface area (TPSA) is 80.6 Å². The largest absolute Gasteiger partial charge is 0.465 e. The van der Waals surface area contributed by atoms with Gasteiger partial charge in [0.15, 0.2) is 0 Å². The molecule has 1 rings (SSSR count). The third kappa shape index (κ3) is 4.05. The average Bonchev–Trinajstić information content (AvgIpc) is 2.63. The summed E-state index contributed by atoms with van der Waals surface area (Å²) in [6.07, 6.45) is 0. The fourth-order valence-corrected chi connectivity index (χ4v) is 3.72. The summed E-state index contributed by atoms with van der Waals surface area (Å²) in [4.78, 5) is 0.244. The quantitative estimate of drug-likeness (QED) is 0.754. The van der Waals surface area contributed by atoms with Crippen molar-refractivity contribution in [2.24, 2.45) is 5.92 Å². The van der Waals surface area contributed by atoms with E-state index in [1.807, 2.05) is 6.92 Å². The molecule has 116 valence electrons. The van der Waals surface area contributed by atoms with E-state index in [1.54, 1.807) is 28.0 Å². The van der Waals surface area contributed by atoms with Crippen molar-refractivity contribution in [1.29, 1.82) is 0 Å². The Hall–Kier alpha value is -0.890. The molecule has 1 aromatic heterocycles. The van der Waals surface area contributed by atoms with Gasteiger partial charge in [-0.2, -0.15) is 0 Å². The zero-order chi connectivity index (χ0) is 15.3. The summed E-state index contributed by atoms with van der Waals surface area (Å²) in [7, 11) is -0.209. The lowest BCUT2D eigenvalue weighted by atomic mass is 10.2. The lowest BCUT2D eigenvalue weighted by Gasteiger charge is -2.12. The van der Waals surface area contributed by atoms with E-state index in [4.69, 9.17) is 9.15 Å². The van der Waals surface area contributed by atoms with Crippen LogP contribution < -0.4 is 10.0 Å². The van der Waals surface area contributed by atoms with Gasteiger partial charge in [-0.25, -0.2) is 13.1 Å². The number of furan rings is 1. The van der Waals surface area contributed by atoms with Crippen LogP contribution >= 0.6 is 0 Å². The van der Waals surface area contributed by atoms with E-state index in [-0.39, 0.29) is 10.8 Å². The van der Waals surface area contributed by atoms with E-state index in [2.05, 4.69) is 10.0 Å². The fourth-order valence-electron chi connectivity index (χ4n) is 2.11. The molecule has 0 saturated heterocycles. The van der Waals surface area contributed by atoms with Crippen LogP contribution in [0.15, 0.2) is 9.31 Å². The van der Waals surface area contributed by atoms with Crippen molar-refractivity contribution < 1.29 is 17.6 Å². The summed E-state index contributed by atoms with van der Waals surface area (Å²) in [5, 5.41) is 2.96. The third-order valence-electron chi connectivity index (χ3n) is 3.02. The first-order chi connectivity index (χ1) is 9.33. The minimum Gasteiger partial charge on any atom is -0.465 e. The van der Waals surface area contributed by atoms with E-state index in [1.165, 1.54) is 0 Å². The van der Waals surface area contributed by atoms with Gasteiger partial charge in [-0.1, -0.05) is 6.92 Å². The van der Waals surface area contributed by atoms with Gasteiger partial charge >= 0.3 is 0 Å². The average molecular weight is 304 g/mol. The highest BCUT2D eigenvalue weighted by Crippen LogP contribution is 2.26. The molecule has 7 heteroatoms. The minimum atomic E-state index is -3.58. The monoisotopic (exact) mass is 304 g/mol. The number of rotatable bonds is 8. The summed E-state index contributed by atoms with van der Waals surface area (Å²) < 4.78 is 37.9. The van der Waals surface area contributed by atoms with Crippen molar-refractivity contribution in [3.8, 4) is 0 Å². The predicted molar refractivity (Wildman–Crippen MR) is 77.2 cm³/mol. The Morgan fingerprint density at radius 2 is 1.95 bits per heavy atom. The summed E-state index contributed by atoms with van der Waals surface area (Å²) in [6, 6.07) is 0. The summed E-state index contributed by atoms with van der Waals surface area (Å²) in [5.74, 6) is 1.15. The minimum absolute atomic E-state index is 0.107. The van der Waals surface area contributed by atoms with Crippen LogP contribution in [0.3, 0.4) is 0 Å².